The van der Waals surface area contributed by atoms with Gasteiger partial charge in [-0.05, 0) is 25.8 Å². The lowest BCUT2D eigenvalue weighted by atomic mass is 10.2. The van der Waals surface area contributed by atoms with E-state index < -0.39 is 0 Å². The second-order valence-electron chi connectivity index (χ2n) is 5.63. The third-order valence-electron chi connectivity index (χ3n) is 3.64. The van der Waals surface area contributed by atoms with Crippen LogP contribution in [0.4, 0.5) is 5.82 Å². The van der Waals surface area contributed by atoms with Gasteiger partial charge in [0.15, 0.2) is 0 Å². The van der Waals surface area contributed by atoms with Gasteiger partial charge in [-0.3, -0.25) is 9.48 Å². The third kappa shape index (κ3) is 4.47. The van der Waals surface area contributed by atoms with E-state index in [1.807, 2.05) is 6.92 Å². The van der Waals surface area contributed by atoms with Crippen molar-refractivity contribution in [1.82, 2.24) is 19.6 Å². The van der Waals surface area contributed by atoms with E-state index in [1.54, 1.807) is 27.7 Å². The molecule has 0 saturated carbocycles. The molecule has 24 heavy (non-hydrogen) atoms. The molecule has 1 amide bonds. The molecule has 6 nitrogen and oxygen atoms in total. The molecule has 0 spiro atoms. The van der Waals surface area contributed by atoms with Gasteiger partial charge in [-0.25, -0.2) is 4.68 Å². The van der Waals surface area contributed by atoms with Crippen LogP contribution in [0.3, 0.4) is 0 Å². The van der Waals surface area contributed by atoms with Crippen LogP contribution in [0.15, 0.2) is 18.3 Å². The molecule has 0 radical (unpaired) electrons. The van der Waals surface area contributed by atoms with E-state index in [0.29, 0.717) is 11.0 Å². The van der Waals surface area contributed by atoms with Crippen LogP contribution in [0.25, 0.3) is 6.08 Å². The minimum absolute atomic E-state index is 0.218. The fraction of sp³-hybridized carbons (Fsp3) is 0.471. The summed E-state index contributed by atoms with van der Waals surface area (Å²) < 4.78 is 3.56. The van der Waals surface area contributed by atoms with Gasteiger partial charge in [-0.2, -0.15) is 10.2 Å². The Morgan fingerprint density at radius 2 is 2.08 bits per heavy atom. The highest BCUT2D eigenvalue weighted by Crippen LogP contribution is 2.21. The second-order valence-corrected chi connectivity index (χ2v) is 5.99. The Kier molecular flexibility index (Phi) is 6.61. The van der Waals surface area contributed by atoms with E-state index >= 15 is 0 Å². The number of halogens is 1. The molecular weight excluding hydrogens is 326 g/mol. The lowest BCUT2D eigenvalue weighted by Gasteiger charge is -2.05. The SMILES string of the molecule is CCCCn1nc(C)c(/C=C/C(=O)Nc2ccnn2CCC)c1Cl. The predicted molar refractivity (Wildman–Crippen MR) is 97.1 cm³/mol. The number of anilines is 1. The van der Waals surface area contributed by atoms with Crippen LogP contribution in [0.1, 0.15) is 44.4 Å². The number of carbonyl (C=O) groups excluding carboxylic acids is 1. The number of carbonyl (C=O) groups is 1. The molecule has 2 aromatic heterocycles. The van der Waals surface area contributed by atoms with Crippen molar-refractivity contribution in [2.45, 2.75) is 53.1 Å². The molecule has 0 fully saturated rings. The number of aryl methyl sites for hydroxylation is 3. The molecular formula is C17H24ClN5O. The fourth-order valence-corrected chi connectivity index (χ4v) is 2.69. The van der Waals surface area contributed by atoms with Gasteiger partial charge in [-0.1, -0.05) is 31.9 Å². The minimum Gasteiger partial charge on any atom is -0.307 e. The highest BCUT2D eigenvalue weighted by molar-refractivity contribution is 6.31. The van der Waals surface area contributed by atoms with E-state index in [2.05, 4.69) is 29.4 Å². The molecule has 0 aromatic carbocycles. The van der Waals surface area contributed by atoms with Crippen molar-refractivity contribution in [3.63, 3.8) is 0 Å². The maximum Gasteiger partial charge on any atom is 0.249 e. The number of nitrogens with zero attached hydrogens (tertiary/aromatic N) is 4. The van der Waals surface area contributed by atoms with Crippen LogP contribution < -0.4 is 5.32 Å². The van der Waals surface area contributed by atoms with Crippen molar-refractivity contribution in [1.29, 1.82) is 0 Å². The predicted octanol–water partition coefficient (Wildman–Crippen LogP) is 3.90. The molecule has 0 unspecified atom stereocenters. The highest BCUT2D eigenvalue weighted by atomic mass is 35.5. The summed E-state index contributed by atoms with van der Waals surface area (Å²) >= 11 is 6.36. The van der Waals surface area contributed by atoms with Gasteiger partial charge in [0.05, 0.1) is 11.9 Å². The van der Waals surface area contributed by atoms with Crippen molar-refractivity contribution in [2.24, 2.45) is 0 Å². The zero-order valence-electron chi connectivity index (χ0n) is 14.4. The number of hydrogen-bond donors (Lipinski definition) is 1. The van der Waals surface area contributed by atoms with Gasteiger partial charge in [0.2, 0.25) is 5.91 Å². The number of aromatic nitrogens is 4. The quantitative estimate of drug-likeness (QED) is 0.735. The first-order valence-electron chi connectivity index (χ1n) is 8.30. The minimum atomic E-state index is -0.218. The maximum atomic E-state index is 12.1. The van der Waals surface area contributed by atoms with E-state index in [1.165, 1.54) is 6.08 Å². The molecule has 2 heterocycles. The highest BCUT2D eigenvalue weighted by Gasteiger charge is 2.11. The third-order valence-corrected chi connectivity index (χ3v) is 4.04. The Bertz CT molecular complexity index is 717. The number of hydrogen-bond acceptors (Lipinski definition) is 3. The number of amides is 1. The first kappa shape index (κ1) is 18.3. The molecule has 0 aliphatic heterocycles. The molecule has 130 valence electrons. The number of rotatable bonds is 8. The van der Waals surface area contributed by atoms with E-state index in [0.717, 1.165) is 43.6 Å². The molecule has 2 rings (SSSR count). The Balaban J connectivity index is 2.06. The van der Waals surface area contributed by atoms with Crippen molar-refractivity contribution in [3.8, 4) is 0 Å². The average molecular weight is 350 g/mol. The van der Waals surface area contributed by atoms with Crippen LogP contribution in [0.5, 0.6) is 0 Å². The van der Waals surface area contributed by atoms with E-state index in [9.17, 15) is 4.79 Å². The maximum absolute atomic E-state index is 12.1. The monoisotopic (exact) mass is 349 g/mol. The molecule has 0 saturated heterocycles. The molecule has 2 aromatic rings. The number of unbranched alkanes of at least 4 members (excludes halogenated alkanes) is 1. The molecule has 0 atom stereocenters. The Morgan fingerprint density at radius 3 is 2.79 bits per heavy atom. The van der Waals surface area contributed by atoms with Gasteiger partial charge in [0.1, 0.15) is 11.0 Å². The lowest BCUT2D eigenvalue weighted by molar-refractivity contribution is -0.111. The van der Waals surface area contributed by atoms with Gasteiger partial charge in [0, 0.05) is 30.8 Å². The van der Waals surface area contributed by atoms with Crippen LogP contribution >= 0.6 is 11.6 Å². The molecule has 7 heteroatoms. The summed E-state index contributed by atoms with van der Waals surface area (Å²) in [4.78, 5) is 12.1. The van der Waals surface area contributed by atoms with E-state index in [-0.39, 0.29) is 5.91 Å². The summed E-state index contributed by atoms with van der Waals surface area (Å²) in [5, 5.41) is 12.0. The average Bonchev–Trinajstić information content (AvgIpc) is 3.09. The molecule has 0 bridgehead atoms. The topological polar surface area (TPSA) is 64.7 Å². The van der Waals surface area contributed by atoms with Crippen LogP contribution in [-0.4, -0.2) is 25.5 Å². The Hall–Kier alpha value is -2.08. The van der Waals surface area contributed by atoms with Crippen molar-refractivity contribution < 1.29 is 4.79 Å². The Labute approximate surface area is 147 Å². The summed E-state index contributed by atoms with van der Waals surface area (Å²) in [5.74, 6) is 0.470. The number of nitrogens with one attached hydrogen (secondary N) is 1. The lowest BCUT2D eigenvalue weighted by Crippen LogP contribution is -2.13. The summed E-state index contributed by atoms with van der Waals surface area (Å²) in [6, 6.07) is 1.78. The summed E-state index contributed by atoms with van der Waals surface area (Å²) in [7, 11) is 0. The molecule has 0 aliphatic rings. The van der Waals surface area contributed by atoms with Gasteiger partial charge >= 0.3 is 0 Å². The summed E-state index contributed by atoms with van der Waals surface area (Å²) in [6.07, 6.45) is 7.91. The van der Waals surface area contributed by atoms with Gasteiger partial charge < -0.3 is 5.32 Å². The van der Waals surface area contributed by atoms with Crippen molar-refractivity contribution >= 4 is 29.4 Å². The Morgan fingerprint density at radius 1 is 1.29 bits per heavy atom. The fourth-order valence-electron chi connectivity index (χ4n) is 2.37. The zero-order chi connectivity index (χ0) is 17.5. The van der Waals surface area contributed by atoms with Crippen molar-refractivity contribution in [2.75, 3.05) is 5.32 Å². The summed E-state index contributed by atoms with van der Waals surface area (Å²) in [5.41, 5.74) is 1.60. The second kappa shape index (κ2) is 8.68. The smallest absolute Gasteiger partial charge is 0.249 e. The van der Waals surface area contributed by atoms with Crippen molar-refractivity contribution in [3.05, 3.63) is 34.7 Å². The molecule has 1 N–H and O–H groups in total. The standard InChI is InChI=1S/C17H24ClN5O/c1-4-6-12-23-17(18)14(13(3)21-23)7-8-16(24)20-15-9-10-19-22(15)11-5-2/h7-10H,4-6,11-12H2,1-3H3,(H,20,24)/b8-7+. The van der Waals surface area contributed by atoms with Gasteiger partial charge in [0.25, 0.3) is 0 Å². The molecule has 0 aliphatic carbocycles. The van der Waals surface area contributed by atoms with Crippen LogP contribution in [0, 0.1) is 6.92 Å². The normalized spacial score (nSPS) is 11.3. The first-order chi connectivity index (χ1) is 11.6. The zero-order valence-corrected chi connectivity index (χ0v) is 15.2. The van der Waals surface area contributed by atoms with E-state index in [4.69, 9.17) is 11.6 Å². The van der Waals surface area contributed by atoms with Crippen LogP contribution in [0.2, 0.25) is 5.15 Å². The first-order valence-corrected chi connectivity index (χ1v) is 8.68. The largest absolute Gasteiger partial charge is 0.307 e. The van der Waals surface area contributed by atoms with Crippen LogP contribution in [-0.2, 0) is 17.9 Å². The van der Waals surface area contributed by atoms with Gasteiger partial charge in [-0.15, -0.1) is 0 Å². The summed E-state index contributed by atoms with van der Waals surface area (Å²) in [6.45, 7) is 7.63.